The van der Waals surface area contributed by atoms with Crippen LogP contribution in [0, 0.1) is 23.7 Å². The Balaban J connectivity index is 5.09. The number of carbonyl (C=O) groups is 5. The fraction of sp³-hybridized carbons (Fsp3) is 0.898. The van der Waals surface area contributed by atoms with Gasteiger partial charge in [-0.1, -0.05) is 143 Å². The van der Waals surface area contributed by atoms with Crippen LogP contribution in [0.3, 0.4) is 0 Å². The number of hydrogen-bond acceptors (Lipinski definition) is 9. The number of ether oxygens (including phenoxy) is 3. The molecule has 11 nitrogen and oxygen atoms in total. The number of rotatable bonds is 43. The maximum atomic E-state index is 12.9. The Hall–Kier alpha value is -2.69. The third-order valence-corrected chi connectivity index (χ3v) is 11.8. The van der Waals surface area contributed by atoms with Gasteiger partial charge in [-0.3, -0.25) is 24.0 Å². The summed E-state index contributed by atoms with van der Waals surface area (Å²) in [7, 11) is 3.84. The standard InChI is InChI=1S/C49H91NO10/c1-7-11-15-21-30-40(28-13-9-3)48(56)58-36-25-19-17-23-32-42(46(52)53)38-44(60-45(51)34-27-35-50(5)6)39-43(47(54)55)33-24-18-20-26-37-59-49(57)41(29-14-10-4)31-22-16-12-8-2/h40-44H,7-39H2,1-6H3,(H,52,53)(H,54,55). The largest absolute Gasteiger partial charge is 0.481 e. The van der Waals surface area contributed by atoms with Crippen molar-refractivity contribution >= 4 is 29.8 Å². The van der Waals surface area contributed by atoms with E-state index in [0.29, 0.717) is 51.9 Å². The molecule has 0 aliphatic heterocycles. The second kappa shape index (κ2) is 39.2. The molecule has 2 N–H and O–H groups in total. The minimum atomic E-state index is -0.976. The van der Waals surface area contributed by atoms with Crippen molar-refractivity contribution in [2.75, 3.05) is 33.9 Å². The minimum Gasteiger partial charge on any atom is -0.481 e. The Morgan fingerprint density at radius 2 is 0.800 bits per heavy atom. The zero-order valence-corrected chi connectivity index (χ0v) is 39.3. The van der Waals surface area contributed by atoms with E-state index in [1.54, 1.807) is 0 Å². The summed E-state index contributed by atoms with van der Waals surface area (Å²) < 4.78 is 17.2. The molecule has 0 radical (unpaired) electrons. The quantitative estimate of drug-likeness (QED) is 0.0342. The predicted molar refractivity (Wildman–Crippen MR) is 241 cm³/mol. The maximum absolute atomic E-state index is 12.9. The first kappa shape index (κ1) is 57.3. The molecular formula is C49H91NO10. The van der Waals surface area contributed by atoms with E-state index in [1.165, 1.54) is 12.8 Å². The molecule has 0 rings (SSSR count). The van der Waals surface area contributed by atoms with Gasteiger partial charge in [-0.15, -0.1) is 0 Å². The van der Waals surface area contributed by atoms with Gasteiger partial charge in [-0.2, -0.15) is 0 Å². The lowest BCUT2D eigenvalue weighted by molar-refractivity contribution is -0.157. The number of carboxylic acid groups (broad SMARTS) is 2. The zero-order chi connectivity index (χ0) is 44.8. The molecule has 4 unspecified atom stereocenters. The van der Waals surface area contributed by atoms with Gasteiger partial charge in [0.05, 0.1) is 36.9 Å². The molecule has 0 saturated carbocycles. The van der Waals surface area contributed by atoms with E-state index in [1.807, 2.05) is 19.0 Å². The third-order valence-electron chi connectivity index (χ3n) is 11.8. The second-order valence-corrected chi connectivity index (χ2v) is 17.7. The van der Waals surface area contributed by atoms with Gasteiger partial charge in [0, 0.05) is 6.42 Å². The van der Waals surface area contributed by atoms with Gasteiger partial charge in [0.25, 0.3) is 0 Å². The van der Waals surface area contributed by atoms with E-state index < -0.39 is 35.8 Å². The van der Waals surface area contributed by atoms with Crippen molar-refractivity contribution in [3.63, 3.8) is 0 Å². The first-order valence-corrected chi connectivity index (χ1v) is 24.5. The number of aliphatic carboxylic acids is 2. The second-order valence-electron chi connectivity index (χ2n) is 17.7. The van der Waals surface area contributed by atoms with E-state index in [-0.39, 0.29) is 43.0 Å². The van der Waals surface area contributed by atoms with E-state index in [9.17, 15) is 34.2 Å². The van der Waals surface area contributed by atoms with Crippen molar-refractivity contribution in [2.24, 2.45) is 23.7 Å². The normalized spacial score (nSPS) is 14.0. The van der Waals surface area contributed by atoms with Crippen LogP contribution in [-0.4, -0.2) is 84.9 Å². The van der Waals surface area contributed by atoms with Crippen LogP contribution in [0.25, 0.3) is 0 Å². The van der Waals surface area contributed by atoms with Crippen molar-refractivity contribution in [3.8, 4) is 0 Å². The van der Waals surface area contributed by atoms with Crippen LogP contribution < -0.4 is 0 Å². The highest BCUT2D eigenvalue weighted by atomic mass is 16.5. The van der Waals surface area contributed by atoms with E-state index in [0.717, 1.165) is 128 Å². The molecule has 0 heterocycles. The van der Waals surface area contributed by atoms with Gasteiger partial charge < -0.3 is 29.3 Å². The summed E-state index contributed by atoms with van der Waals surface area (Å²) >= 11 is 0. The molecule has 0 bridgehead atoms. The first-order valence-electron chi connectivity index (χ1n) is 24.5. The van der Waals surface area contributed by atoms with Gasteiger partial charge in [-0.05, 0) is 91.3 Å². The highest BCUT2D eigenvalue weighted by Crippen LogP contribution is 2.27. The zero-order valence-electron chi connectivity index (χ0n) is 39.3. The molecule has 0 aromatic heterocycles. The number of nitrogens with zero attached hydrogens (tertiary/aromatic N) is 1. The Morgan fingerprint density at radius 3 is 1.17 bits per heavy atom. The van der Waals surface area contributed by atoms with Crippen LogP contribution in [0.4, 0.5) is 0 Å². The third kappa shape index (κ3) is 32.1. The molecule has 0 fully saturated rings. The Kier molecular flexibility index (Phi) is 37.4. The molecule has 0 saturated heterocycles. The summed E-state index contributed by atoms with van der Waals surface area (Å²) in [5.41, 5.74) is 0. The molecule has 0 aliphatic rings. The van der Waals surface area contributed by atoms with E-state index >= 15 is 0 Å². The lowest BCUT2D eigenvalue weighted by Crippen LogP contribution is -2.30. The average molecular weight is 854 g/mol. The van der Waals surface area contributed by atoms with Gasteiger partial charge in [-0.25, -0.2) is 0 Å². The molecule has 352 valence electrons. The van der Waals surface area contributed by atoms with E-state index in [2.05, 4.69) is 27.7 Å². The Morgan fingerprint density at radius 1 is 0.450 bits per heavy atom. The molecule has 4 atom stereocenters. The highest BCUT2D eigenvalue weighted by Gasteiger charge is 2.30. The van der Waals surface area contributed by atoms with Gasteiger partial charge in [0.1, 0.15) is 6.10 Å². The van der Waals surface area contributed by atoms with Crippen LogP contribution in [0.1, 0.15) is 220 Å². The van der Waals surface area contributed by atoms with Crippen LogP contribution in [0.5, 0.6) is 0 Å². The lowest BCUT2D eigenvalue weighted by Gasteiger charge is -2.25. The van der Waals surface area contributed by atoms with Crippen molar-refractivity contribution in [3.05, 3.63) is 0 Å². The van der Waals surface area contributed by atoms with Crippen LogP contribution in [-0.2, 0) is 38.2 Å². The topological polar surface area (TPSA) is 157 Å². The molecule has 60 heavy (non-hydrogen) atoms. The van der Waals surface area contributed by atoms with Crippen LogP contribution in [0.2, 0.25) is 0 Å². The number of esters is 3. The maximum Gasteiger partial charge on any atom is 0.308 e. The summed E-state index contributed by atoms with van der Waals surface area (Å²) in [6.45, 7) is 10.1. The van der Waals surface area contributed by atoms with Crippen molar-refractivity contribution in [1.29, 1.82) is 0 Å². The summed E-state index contributed by atoms with van der Waals surface area (Å²) in [5.74, 6) is -4.19. The fourth-order valence-corrected chi connectivity index (χ4v) is 7.87. The minimum absolute atomic E-state index is 0.0325. The average Bonchev–Trinajstić information content (AvgIpc) is 3.20. The monoisotopic (exact) mass is 854 g/mol. The molecule has 0 aromatic carbocycles. The molecule has 0 aromatic rings. The number of carboxylic acids is 2. The predicted octanol–water partition coefficient (Wildman–Crippen LogP) is 12.0. The van der Waals surface area contributed by atoms with Crippen molar-refractivity contribution in [1.82, 2.24) is 4.90 Å². The van der Waals surface area contributed by atoms with Crippen LogP contribution >= 0.6 is 0 Å². The number of hydrogen-bond donors (Lipinski definition) is 2. The fourth-order valence-electron chi connectivity index (χ4n) is 7.87. The van der Waals surface area contributed by atoms with E-state index in [4.69, 9.17) is 14.2 Å². The van der Waals surface area contributed by atoms with Gasteiger partial charge >= 0.3 is 29.8 Å². The molecule has 0 spiro atoms. The Labute approximate surface area is 366 Å². The van der Waals surface area contributed by atoms with Crippen LogP contribution in [0.15, 0.2) is 0 Å². The summed E-state index contributed by atoms with van der Waals surface area (Å²) in [6, 6.07) is 0. The molecule has 11 heteroatoms. The van der Waals surface area contributed by atoms with Gasteiger partial charge in [0.15, 0.2) is 0 Å². The molecule has 0 aliphatic carbocycles. The lowest BCUT2D eigenvalue weighted by atomic mass is 9.88. The number of unbranched alkanes of at least 4 members (excludes halogenated alkanes) is 14. The summed E-state index contributed by atoms with van der Waals surface area (Å²) in [4.78, 5) is 65.3. The smallest absolute Gasteiger partial charge is 0.308 e. The first-order chi connectivity index (χ1) is 28.9. The summed E-state index contributed by atoms with van der Waals surface area (Å²) in [5, 5.41) is 20.3. The van der Waals surface area contributed by atoms with Crippen molar-refractivity contribution in [2.45, 2.75) is 226 Å². The van der Waals surface area contributed by atoms with Crippen molar-refractivity contribution < 1.29 is 48.4 Å². The molecule has 0 amide bonds. The summed E-state index contributed by atoms with van der Waals surface area (Å²) in [6.07, 6.45) is 23.5. The van der Waals surface area contributed by atoms with Gasteiger partial charge in [0.2, 0.25) is 0 Å². The SMILES string of the molecule is CCCCCCC(CCCC)C(=O)OCCCCCCC(CC(CC(CCCCCCOC(=O)C(CCCC)CCCCCC)C(=O)O)OC(=O)CCCN(C)C)C(=O)O. The Bertz CT molecular complexity index is 1030. The number of carbonyl (C=O) groups excluding carboxylic acids is 3. The highest BCUT2D eigenvalue weighted by molar-refractivity contribution is 5.73. The molecular weight excluding hydrogens is 763 g/mol.